The first-order valence-electron chi connectivity index (χ1n) is 6.45. The van der Waals surface area contributed by atoms with Crippen molar-refractivity contribution >= 4 is 34.8 Å². The van der Waals surface area contributed by atoms with Crippen LogP contribution in [0.15, 0.2) is 44.6 Å². The maximum Gasteiger partial charge on any atom is 0.286 e. The molecule has 2 amide bonds. The lowest BCUT2D eigenvalue weighted by Crippen LogP contribution is -2.10. The van der Waals surface area contributed by atoms with Crippen molar-refractivity contribution in [2.24, 2.45) is 16.5 Å². The molecule has 1 aromatic heterocycles. The Kier molecular flexibility index (Phi) is 3.67. The van der Waals surface area contributed by atoms with Crippen LogP contribution in [0, 0.1) is 0 Å². The van der Waals surface area contributed by atoms with Gasteiger partial charge in [0.05, 0.1) is 10.5 Å². The second-order valence-electron chi connectivity index (χ2n) is 4.66. The predicted octanol–water partition coefficient (Wildman–Crippen LogP) is 1.68. The summed E-state index contributed by atoms with van der Waals surface area (Å²) in [6.07, 6.45) is 1.52. The fraction of sp³-hybridized carbons (Fsp3) is 0. The molecular formula is C15H11N3O4S. The van der Waals surface area contributed by atoms with Gasteiger partial charge in [-0.15, -0.1) is 0 Å². The Labute approximate surface area is 134 Å². The molecule has 0 aliphatic carbocycles. The van der Waals surface area contributed by atoms with E-state index in [2.05, 4.69) is 4.99 Å². The third-order valence-corrected chi connectivity index (χ3v) is 3.90. The van der Waals surface area contributed by atoms with E-state index >= 15 is 0 Å². The van der Waals surface area contributed by atoms with Crippen molar-refractivity contribution in [3.63, 3.8) is 0 Å². The van der Waals surface area contributed by atoms with Gasteiger partial charge in [-0.25, -0.2) is 0 Å². The number of amidine groups is 1. The summed E-state index contributed by atoms with van der Waals surface area (Å²) in [5, 5.41) is 10.2. The minimum Gasteiger partial charge on any atom is -0.507 e. The van der Waals surface area contributed by atoms with Crippen LogP contribution in [0.5, 0.6) is 5.75 Å². The second kappa shape index (κ2) is 5.65. The molecule has 8 heteroatoms. The zero-order chi connectivity index (χ0) is 16.6. The van der Waals surface area contributed by atoms with Gasteiger partial charge in [0.1, 0.15) is 17.3 Å². The van der Waals surface area contributed by atoms with Gasteiger partial charge in [0.25, 0.3) is 5.91 Å². The zero-order valence-electron chi connectivity index (χ0n) is 11.6. The van der Waals surface area contributed by atoms with Crippen LogP contribution in [-0.4, -0.2) is 22.1 Å². The molecule has 1 aliphatic heterocycles. The predicted molar refractivity (Wildman–Crippen MR) is 86.5 cm³/mol. The number of hydrogen-bond donors (Lipinski definition) is 3. The van der Waals surface area contributed by atoms with E-state index in [-0.39, 0.29) is 16.5 Å². The molecule has 7 nitrogen and oxygen atoms in total. The van der Waals surface area contributed by atoms with E-state index in [4.69, 9.17) is 15.9 Å². The SMILES string of the molecule is NC(=O)c1ccc(-c2ccc(/C=C3/SC(N)=NC3=O)o2)c(O)c1. The first-order chi connectivity index (χ1) is 10.9. The molecule has 0 radical (unpaired) electrons. The fourth-order valence-corrected chi connectivity index (χ4v) is 2.69. The lowest BCUT2D eigenvalue weighted by Gasteiger charge is -2.03. The highest BCUT2D eigenvalue weighted by Crippen LogP contribution is 2.33. The number of benzene rings is 1. The summed E-state index contributed by atoms with van der Waals surface area (Å²) < 4.78 is 5.59. The second-order valence-corrected chi connectivity index (χ2v) is 5.73. The van der Waals surface area contributed by atoms with E-state index in [9.17, 15) is 14.7 Å². The highest BCUT2D eigenvalue weighted by molar-refractivity contribution is 8.18. The molecule has 2 aromatic rings. The van der Waals surface area contributed by atoms with Gasteiger partial charge in [0, 0.05) is 11.6 Å². The summed E-state index contributed by atoms with van der Waals surface area (Å²) in [4.78, 5) is 26.6. The molecule has 0 bridgehead atoms. The Balaban J connectivity index is 1.90. The standard InChI is InChI=1S/C15H11N3O4S/c16-13(20)7-1-3-9(10(19)5-7)11-4-2-8(22-11)6-12-14(21)18-15(17)23-12/h1-6,19H,(H2,16,20)(H2,17,18,21)/b12-6+. The minimum atomic E-state index is -0.633. The molecule has 5 N–H and O–H groups in total. The van der Waals surface area contributed by atoms with E-state index < -0.39 is 11.8 Å². The summed E-state index contributed by atoms with van der Waals surface area (Å²) in [5.74, 6) is -0.382. The normalized spacial score (nSPS) is 15.9. The number of aromatic hydroxyl groups is 1. The largest absolute Gasteiger partial charge is 0.507 e. The van der Waals surface area contributed by atoms with E-state index in [0.29, 0.717) is 22.0 Å². The number of phenolic OH excluding ortho intramolecular Hbond substituents is 1. The van der Waals surface area contributed by atoms with Crippen molar-refractivity contribution in [1.82, 2.24) is 0 Å². The third-order valence-electron chi connectivity index (χ3n) is 3.08. The molecule has 2 heterocycles. The number of aliphatic imine (C=N–C) groups is 1. The highest BCUT2D eigenvalue weighted by atomic mass is 32.2. The Morgan fingerprint density at radius 3 is 2.70 bits per heavy atom. The number of primary amides is 1. The molecule has 0 atom stereocenters. The molecule has 0 unspecified atom stereocenters. The maximum absolute atomic E-state index is 11.5. The van der Waals surface area contributed by atoms with Crippen molar-refractivity contribution in [1.29, 1.82) is 0 Å². The van der Waals surface area contributed by atoms with Gasteiger partial charge < -0.3 is 21.0 Å². The lowest BCUT2D eigenvalue weighted by molar-refractivity contribution is -0.113. The minimum absolute atomic E-state index is 0.131. The van der Waals surface area contributed by atoms with Crippen molar-refractivity contribution in [3.05, 3.63) is 46.6 Å². The maximum atomic E-state index is 11.5. The Hall–Kier alpha value is -3.00. The average molecular weight is 329 g/mol. The number of carbonyl (C=O) groups is 2. The van der Waals surface area contributed by atoms with Crippen molar-refractivity contribution in [2.75, 3.05) is 0 Å². The summed E-state index contributed by atoms with van der Waals surface area (Å²) in [7, 11) is 0. The molecule has 3 rings (SSSR count). The zero-order valence-corrected chi connectivity index (χ0v) is 12.5. The number of rotatable bonds is 3. The van der Waals surface area contributed by atoms with Crippen LogP contribution in [-0.2, 0) is 4.79 Å². The highest BCUT2D eigenvalue weighted by Gasteiger charge is 2.20. The van der Waals surface area contributed by atoms with E-state index in [1.165, 1.54) is 24.3 Å². The van der Waals surface area contributed by atoms with Crippen LogP contribution in [0.1, 0.15) is 16.1 Å². The first-order valence-corrected chi connectivity index (χ1v) is 7.27. The van der Waals surface area contributed by atoms with Crippen LogP contribution in [0.3, 0.4) is 0 Å². The molecule has 0 saturated heterocycles. The topological polar surface area (TPSA) is 132 Å². The van der Waals surface area contributed by atoms with Crippen molar-refractivity contribution in [3.8, 4) is 17.1 Å². The van der Waals surface area contributed by atoms with Crippen LogP contribution in [0.2, 0.25) is 0 Å². The smallest absolute Gasteiger partial charge is 0.286 e. The van der Waals surface area contributed by atoms with Gasteiger partial charge >= 0.3 is 0 Å². The number of carbonyl (C=O) groups excluding carboxylic acids is 2. The molecule has 1 aromatic carbocycles. The number of hydrogen-bond acceptors (Lipinski definition) is 6. The molecule has 23 heavy (non-hydrogen) atoms. The molecule has 116 valence electrons. The van der Waals surface area contributed by atoms with Crippen LogP contribution < -0.4 is 11.5 Å². The van der Waals surface area contributed by atoms with Gasteiger partial charge in [0.2, 0.25) is 5.91 Å². The van der Waals surface area contributed by atoms with Crippen LogP contribution in [0.4, 0.5) is 0 Å². The number of nitrogens with two attached hydrogens (primary N) is 2. The summed E-state index contributed by atoms with van der Waals surface area (Å²) in [6.45, 7) is 0. The quantitative estimate of drug-likeness (QED) is 0.734. The number of phenols is 1. The Morgan fingerprint density at radius 1 is 1.30 bits per heavy atom. The summed E-state index contributed by atoms with van der Waals surface area (Å²) in [6, 6.07) is 7.57. The van der Waals surface area contributed by atoms with E-state index in [1.807, 2.05) is 0 Å². The summed E-state index contributed by atoms with van der Waals surface area (Å²) >= 11 is 1.06. The summed E-state index contributed by atoms with van der Waals surface area (Å²) in [5.41, 5.74) is 11.2. The van der Waals surface area contributed by atoms with Gasteiger partial charge in [-0.05, 0) is 42.1 Å². The van der Waals surface area contributed by atoms with E-state index in [0.717, 1.165) is 11.8 Å². The number of amides is 2. The number of thioether (sulfide) groups is 1. The van der Waals surface area contributed by atoms with Gasteiger partial charge in [-0.1, -0.05) is 0 Å². The average Bonchev–Trinajstić information content (AvgIpc) is 3.06. The monoisotopic (exact) mass is 329 g/mol. The molecule has 0 fully saturated rings. The number of furan rings is 1. The van der Waals surface area contributed by atoms with Gasteiger partial charge in [-0.3, -0.25) is 9.59 Å². The lowest BCUT2D eigenvalue weighted by atomic mass is 10.1. The number of nitrogens with zero attached hydrogens (tertiary/aromatic N) is 1. The van der Waals surface area contributed by atoms with Gasteiger partial charge in [0.15, 0.2) is 5.17 Å². The van der Waals surface area contributed by atoms with Gasteiger partial charge in [-0.2, -0.15) is 4.99 Å². The first kappa shape index (κ1) is 14.9. The van der Waals surface area contributed by atoms with Crippen LogP contribution in [0.25, 0.3) is 17.4 Å². The molecule has 0 saturated carbocycles. The Morgan fingerprint density at radius 2 is 2.09 bits per heavy atom. The van der Waals surface area contributed by atoms with Crippen LogP contribution >= 0.6 is 11.8 Å². The molecular weight excluding hydrogens is 318 g/mol. The van der Waals surface area contributed by atoms with E-state index in [1.54, 1.807) is 12.1 Å². The van der Waals surface area contributed by atoms with Crippen molar-refractivity contribution < 1.29 is 19.1 Å². The molecule has 0 spiro atoms. The fourth-order valence-electron chi connectivity index (χ4n) is 2.02. The van der Waals surface area contributed by atoms with Crippen molar-refractivity contribution in [2.45, 2.75) is 0 Å². The molecule has 1 aliphatic rings. The third kappa shape index (κ3) is 2.97. The Bertz CT molecular complexity index is 883.